The van der Waals surface area contributed by atoms with E-state index in [0.717, 1.165) is 10.1 Å². The van der Waals surface area contributed by atoms with Gasteiger partial charge in [-0.3, -0.25) is 14.9 Å². The van der Waals surface area contributed by atoms with Crippen molar-refractivity contribution in [2.24, 2.45) is 4.99 Å². The van der Waals surface area contributed by atoms with Crippen LogP contribution in [-0.4, -0.2) is 25.8 Å². The van der Waals surface area contributed by atoms with Crippen molar-refractivity contribution < 1.29 is 10.0 Å². The zero-order valence-electron chi connectivity index (χ0n) is 15.9. The lowest BCUT2D eigenvalue weighted by Crippen LogP contribution is -2.20. The molecule has 4 aromatic rings. The minimum Gasteiger partial charge on any atom is -0.494 e. The molecule has 2 heterocycles. The average molecular weight is 400 g/mol. The van der Waals surface area contributed by atoms with Gasteiger partial charge >= 0.3 is 0 Å². The highest BCUT2D eigenvalue weighted by atomic mass is 16.6. The van der Waals surface area contributed by atoms with Crippen LogP contribution in [0.15, 0.2) is 76.6 Å². The van der Waals surface area contributed by atoms with Crippen LogP contribution < -0.4 is 5.56 Å². The van der Waals surface area contributed by atoms with E-state index in [9.17, 15) is 20.0 Å². The molecule has 0 unspecified atom stereocenters. The monoisotopic (exact) mass is 400 g/mol. The number of aromatic hydroxyl groups is 1. The van der Waals surface area contributed by atoms with E-state index in [-0.39, 0.29) is 28.6 Å². The van der Waals surface area contributed by atoms with E-state index in [1.165, 1.54) is 24.5 Å². The predicted octanol–water partition coefficient (Wildman–Crippen LogP) is 4.06. The molecule has 0 aliphatic heterocycles. The first-order chi connectivity index (χ1) is 14.5. The van der Waals surface area contributed by atoms with Gasteiger partial charge in [-0.15, -0.1) is 0 Å². The first-order valence-electron chi connectivity index (χ1n) is 9.04. The van der Waals surface area contributed by atoms with Crippen LogP contribution >= 0.6 is 0 Å². The van der Waals surface area contributed by atoms with E-state index in [1.54, 1.807) is 55.5 Å². The average Bonchev–Trinajstić information content (AvgIpc) is 2.75. The van der Waals surface area contributed by atoms with Gasteiger partial charge in [-0.25, -0.2) is 14.5 Å². The highest BCUT2D eigenvalue weighted by molar-refractivity contribution is 6.02. The number of nitro groups is 1. The van der Waals surface area contributed by atoms with E-state index < -0.39 is 10.5 Å². The predicted molar refractivity (Wildman–Crippen MR) is 114 cm³/mol. The van der Waals surface area contributed by atoms with Gasteiger partial charge in [-0.1, -0.05) is 30.3 Å². The van der Waals surface area contributed by atoms with Gasteiger partial charge in [0.2, 0.25) is 5.88 Å². The molecular weight excluding hydrogens is 384 g/mol. The standard InChI is InChI=1S/C22H16N4O4/c1-14-9-10-18(19(12-14)26(29)30)24-13-17-15-6-2-3-7-16(15)21(27)25(22(17)28)20-8-4-5-11-23-20/h2-13,28H,1H3. The molecule has 0 fully saturated rings. The summed E-state index contributed by atoms with van der Waals surface area (Å²) in [7, 11) is 0. The van der Waals surface area contributed by atoms with Crippen molar-refractivity contribution >= 4 is 28.4 Å². The zero-order valence-corrected chi connectivity index (χ0v) is 15.9. The topological polar surface area (TPSA) is 111 Å². The molecule has 2 aromatic heterocycles. The third kappa shape index (κ3) is 3.30. The summed E-state index contributed by atoms with van der Waals surface area (Å²) in [5, 5.41) is 23.1. The second-order valence-corrected chi connectivity index (χ2v) is 6.62. The quantitative estimate of drug-likeness (QED) is 0.315. The lowest BCUT2D eigenvalue weighted by Gasteiger charge is -2.12. The normalized spacial score (nSPS) is 11.2. The summed E-state index contributed by atoms with van der Waals surface area (Å²) in [6, 6.07) is 16.5. The number of fused-ring (bicyclic) bond motifs is 1. The molecule has 0 amide bonds. The number of aromatic nitrogens is 2. The molecule has 8 heteroatoms. The summed E-state index contributed by atoms with van der Waals surface area (Å²) in [5.74, 6) is -0.0994. The molecule has 0 aliphatic carbocycles. The molecule has 0 radical (unpaired) electrons. The van der Waals surface area contributed by atoms with E-state index in [1.807, 2.05) is 0 Å². The third-order valence-corrected chi connectivity index (χ3v) is 4.64. The summed E-state index contributed by atoms with van der Waals surface area (Å²) in [4.78, 5) is 32.3. The zero-order chi connectivity index (χ0) is 21.3. The van der Waals surface area contributed by atoms with E-state index in [2.05, 4.69) is 9.98 Å². The number of nitro benzene ring substituents is 1. The molecule has 0 atom stereocenters. The number of aliphatic imine (C=N–C) groups is 1. The Morgan fingerprint density at radius 2 is 1.83 bits per heavy atom. The summed E-state index contributed by atoms with van der Waals surface area (Å²) in [5.41, 5.74) is 0.557. The number of hydrogen-bond acceptors (Lipinski definition) is 6. The maximum absolute atomic E-state index is 13.0. The smallest absolute Gasteiger partial charge is 0.295 e. The van der Waals surface area contributed by atoms with Crippen LogP contribution in [0.4, 0.5) is 11.4 Å². The first-order valence-corrected chi connectivity index (χ1v) is 9.04. The largest absolute Gasteiger partial charge is 0.494 e. The molecule has 0 aliphatic rings. The number of aryl methyl sites for hydroxylation is 1. The molecule has 0 bridgehead atoms. The number of benzene rings is 2. The molecule has 148 valence electrons. The number of rotatable bonds is 4. The third-order valence-electron chi connectivity index (χ3n) is 4.64. The van der Waals surface area contributed by atoms with Crippen LogP contribution in [0.25, 0.3) is 16.6 Å². The fourth-order valence-corrected chi connectivity index (χ4v) is 3.21. The lowest BCUT2D eigenvalue weighted by molar-refractivity contribution is -0.384. The molecule has 8 nitrogen and oxygen atoms in total. The first kappa shape index (κ1) is 19.0. The van der Waals surface area contributed by atoms with Crippen molar-refractivity contribution in [3.05, 3.63) is 98.5 Å². The van der Waals surface area contributed by atoms with Crippen molar-refractivity contribution in [3.63, 3.8) is 0 Å². The van der Waals surface area contributed by atoms with Crippen LogP contribution in [0.5, 0.6) is 5.88 Å². The Morgan fingerprint density at radius 1 is 1.10 bits per heavy atom. The van der Waals surface area contributed by atoms with Gasteiger partial charge < -0.3 is 5.11 Å². The lowest BCUT2D eigenvalue weighted by atomic mass is 10.1. The van der Waals surface area contributed by atoms with Crippen LogP contribution in [0.1, 0.15) is 11.1 Å². The number of pyridine rings is 2. The Morgan fingerprint density at radius 3 is 2.53 bits per heavy atom. The van der Waals surface area contributed by atoms with Crippen molar-refractivity contribution in [3.8, 4) is 11.7 Å². The minimum absolute atomic E-state index is 0.143. The number of nitrogens with zero attached hydrogens (tertiary/aromatic N) is 4. The highest BCUT2D eigenvalue weighted by Gasteiger charge is 2.18. The molecule has 30 heavy (non-hydrogen) atoms. The van der Waals surface area contributed by atoms with E-state index in [4.69, 9.17) is 0 Å². The van der Waals surface area contributed by atoms with E-state index in [0.29, 0.717) is 10.8 Å². The Hall–Kier alpha value is -4.33. The van der Waals surface area contributed by atoms with Crippen molar-refractivity contribution in [2.75, 3.05) is 0 Å². The van der Waals surface area contributed by atoms with Gasteiger partial charge in [0.05, 0.1) is 10.5 Å². The maximum atomic E-state index is 13.0. The Kier molecular flexibility index (Phi) is 4.81. The van der Waals surface area contributed by atoms with E-state index >= 15 is 0 Å². The molecule has 4 rings (SSSR count). The van der Waals surface area contributed by atoms with Gasteiger partial charge in [-0.05, 0) is 36.8 Å². The summed E-state index contributed by atoms with van der Waals surface area (Å²) in [6.45, 7) is 1.75. The molecule has 0 saturated carbocycles. The Balaban J connectivity index is 1.97. The summed E-state index contributed by atoms with van der Waals surface area (Å²) in [6.07, 6.45) is 2.84. The Labute approximate surface area is 170 Å². The second-order valence-electron chi connectivity index (χ2n) is 6.62. The fraction of sp³-hybridized carbons (Fsp3) is 0.0455. The van der Waals surface area contributed by atoms with Gasteiger partial charge in [0.25, 0.3) is 11.2 Å². The molecule has 0 spiro atoms. The molecular formula is C22H16N4O4. The minimum atomic E-state index is -0.507. The van der Waals surface area contributed by atoms with Crippen molar-refractivity contribution in [2.45, 2.75) is 6.92 Å². The van der Waals surface area contributed by atoms with Gasteiger partial charge in [0, 0.05) is 29.3 Å². The second kappa shape index (κ2) is 7.59. The molecule has 0 saturated heterocycles. The van der Waals surface area contributed by atoms with Gasteiger partial charge in [0.1, 0.15) is 11.5 Å². The summed E-state index contributed by atoms with van der Waals surface area (Å²) >= 11 is 0. The fourth-order valence-electron chi connectivity index (χ4n) is 3.21. The van der Waals surface area contributed by atoms with Crippen LogP contribution in [0.2, 0.25) is 0 Å². The van der Waals surface area contributed by atoms with Crippen LogP contribution in [-0.2, 0) is 0 Å². The van der Waals surface area contributed by atoms with Crippen LogP contribution in [0, 0.1) is 17.0 Å². The van der Waals surface area contributed by atoms with Crippen molar-refractivity contribution in [1.29, 1.82) is 0 Å². The van der Waals surface area contributed by atoms with Crippen molar-refractivity contribution in [1.82, 2.24) is 9.55 Å². The maximum Gasteiger partial charge on any atom is 0.295 e. The van der Waals surface area contributed by atoms with Gasteiger partial charge in [0.15, 0.2) is 0 Å². The molecule has 2 aromatic carbocycles. The van der Waals surface area contributed by atoms with Gasteiger partial charge in [-0.2, -0.15) is 0 Å². The SMILES string of the molecule is Cc1ccc(N=Cc2c(O)n(-c3ccccn3)c(=O)c3ccccc23)c([N+](=O)[O-])c1. The molecule has 1 N–H and O–H groups in total. The Bertz CT molecular complexity index is 1360. The summed E-state index contributed by atoms with van der Waals surface area (Å²) < 4.78 is 1.09. The van der Waals surface area contributed by atoms with Crippen LogP contribution in [0.3, 0.4) is 0 Å². The number of hydrogen-bond donors (Lipinski definition) is 1. The highest BCUT2D eigenvalue weighted by Crippen LogP contribution is 2.30.